The third-order valence-corrected chi connectivity index (χ3v) is 2.87. The van der Waals surface area contributed by atoms with E-state index in [2.05, 4.69) is 5.32 Å². The summed E-state index contributed by atoms with van der Waals surface area (Å²) in [4.78, 5) is 13.5. The van der Waals surface area contributed by atoms with Gasteiger partial charge in [-0.3, -0.25) is 9.69 Å². The molecule has 0 aliphatic heterocycles. The van der Waals surface area contributed by atoms with Crippen LogP contribution in [0.3, 0.4) is 0 Å². The lowest BCUT2D eigenvalue weighted by Gasteiger charge is -2.24. The Morgan fingerprint density at radius 3 is 2.63 bits per heavy atom. The molecular weight excluding hydrogens is 264 g/mol. The summed E-state index contributed by atoms with van der Waals surface area (Å²) < 4.78 is 0. The molecule has 1 aromatic rings. The van der Waals surface area contributed by atoms with Gasteiger partial charge in [-0.25, -0.2) is 0 Å². The van der Waals surface area contributed by atoms with E-state index < -0.39 is 5.60 Å². The molecule has 0 bridgehead atoms. The maximum atomic E-state index is 11.7. The first-order valence-corrected chi connectivity index (χ1v) is 6.57. The van der Waals surface area contributed by atoms with Crippen LogP contribution < -0.4 is 5.32 Å². The fourth-order valence-corrected chi connectivity index (χ4v) is 2.06. The average molecular weight is 285 g/mol. The first kappa shape index (κ1) is 16.0. The van der Waals surface area contributed by atoms with Crippen molar-refractivity contribution < 1.29 is 9.90 Å². The molecule has 5 heteroatoms. The lowest BCUT2D eigenvalue weighted by atomic mass is 10.1. The zero-order valence-corrected chi connectivity index (χ0v) is 12.4. The third-order valence-electron chi connectivity index (χ3n) is 2.50. The Bertz CT molecular complexity index is 430. The molecule has 0 radical (unpaired) electrons. The third kappa shape index (κ3) is 6.57. The highest BCUT2D eigenvalue weighted by Crippen LogP contribution is 2.14. The number of hydrogen-bond donors (Lipinski definition) is 2. The average Bonchev–Trinajstić information content (AvgIpc) is 2.25. The van der Waals surface area contributed by atoms with Crippen molar-refractivity contribution in [1.29, 1.82) is 0 Å². The molecule has 0 aliphatic carbocycles. The van der Waals surface area contributed by atoms with Crippen LogP contribution in [0.15, 0.2) is 24.3 Å². The lowest BCUT2D eigenvalue weighted by Crippen LogP contribution is -2.41. The molecule has 0 aromatic heterocycles. The van der Waals surface area contributed by atoms with E-state index in [4.69, 9.17) is 11.6 Å². The molecular formula is C14H21ClN2O2. The second kappa shape index (κ2) is 6.89. The zero-order chi connectivity index (χ0) is 14.5. The molecule has 0 unspecified atom stereocenters. The number of hydrogen-bond acceptors (Lipinski definition) is 3. The smallest absolute Gasteiger partial charge is 0.234 e. The van der Waals surface area contributed by atoms with Gasteiger partial charge < -0.3 is 10.4 Å². The number of amides is 1. The van der Waals surface area contributed by atoms with Gasteiger partial charge in [0.05, 0.1) is 12.1 Å². The van der Waals surface area contributed by atoms with Gasteiger partial charge in [0.15, 0.2) is 0 Å². The van der Waals surface area contributed by atoms with Crippen LogP contribution in [0, 0.1) is 0 Å². The van der Waals surface area contributed by atoms with Crippen molar-refractivity contribution in [2.45, 2.75) is 26.0 Å². The van der Waals surface area contributed by atoms with E-state index >= 15 is 0 Å². The van der Waals surface area contributed by atoms with Crippen LogP contribution in [-0.2, 0) is 11.3 Å². The Hall–Kier alpha value is -1.10. The standard InChI is InChI=1S/C14H21ClN2O2/c1-14(2,19)10-17(3)9-13(18)16-8-11-6-4-5-7-12(11)15/h4-7,19H,8-10H2,1-3H3,(H,16,18). The van der Waals surface area contributed by atoms with Crippen LogP contribution in [0.2, 0.25) is 5.02 Å². The van der Waals surface area contributed by atoms with Gasteiger partial charge in [-0.05, 0) is 32.5 Å². The minimum absolute atomic E-state index is 0.0910. The van der Waals surface area contributed by atoms with Crippen LogP contribution in [0.25, 0.3) is 0 Å². The van der Waals surface area contributed by atoms with Crippen molar-refractivity contribution in [3.63, 3.8) is 0 Å². The number of halogens is 1. The summed E-state index contributed by atoms with van der Waals surface area (Å²) in [5.74, 6) is -0.0910. The molecule has 0 heterocycles. The second-order valence-corrected chi connectivity index (χ2v) is 5.76. The first-order chi connectivity index (χ1) is 8.78. The molecule has 2 N–H and O–H groups in total. The maximum Gasteiger partial charge on any atom is 0.234 e. The predicted octanol–water partition coefficient (Wildman–Crippen LogP) is 1.66. The Morgan fingerprint density at radius 2 is 2.05 bits per heavy atom. The Balaban J connectivity index is 2.38. The van der Waals surface area contributed by atoms with Crippen molar-refractivity contribution in [2.75, 3.05) is 20.1 Å². The highest BCUT2D eigenvalue weighted by molar-refractivity contribution is 6.31. The first-order valence-electron chi connectivity index (χ1n) is 6.19. The number of carbonyl (C=O) groups is 1. The monoisotopic (exact) mass is 284 g/mol. The Labute approximate surface area is 119 Å². The zero-order valence-electron chi connectivity index (χ0n) is 11.6. The molecule has 0 spiro atoms. The minimum atomic E-state index is -0.808. The van der Waals surface area contributed by atoms with Gasteiger partial charge in [-0.1, -0.05) is 29.8 Å². The maximum absolute atomic E-state index is 11.7. The van der Waals surface area contributed by atoms with E-state index in [0.717, 1.165) is 5.56 Å². The number of rotatable bonds is 6. The van der Waals surface area contributed by atoms with Crippen molar-refractivity contribution in [3.05, 3.63) is 34.9 Å². The molecule has 0 fully saturated rings. The number of likely N-dealkylation sites (N-methyl/N-ethyl adjacent to an activating group) is 1. The molecule has 1 aromatic carbocycles. The normalized spacial score (nSPS) is 11.7. The van der Waals surface area contributed by atoms with Crippen LogP contribution in [0.5, 0.6) is 0 Å². The molecule has 0 saturated heterocycles. The van der Waals surface area contributed by atoms with Crippen molar-refractivity contribution in [1.82, 2.24) is 10.2 Å². The predicted molar refractivity (Wildman–Crippen MR) is 77.1 cm³/mol. The van der Waals surface area contributed by atoms with Gasteiger partial charge in [0.2, 0.25) is 5.91 Å². The SMILES string of the molecule is CN(CC(=O)NCc1ccccc1Cl)CC(C)(C)O. The fourth-order valence-electron chi connectivity index (χ4n) is 1.85. The summed E-state index contributed by atoms with van der Waals surface area (Å²) >= 11 is 6.01. The summed E-state index contributed by atoms with van der Waals surface area (Å²) in [7, 11) is 1.80. The molecule has 0 saturated carbocycles. The van der Waals surface area contributed by atoms with Gasteiger partial charge in [-0.2, -0.15) is 0 Å². The summed E-state index contributed by atoms with van der Waals surface area (Å²) in [6.07, 6.45) is 0. The van der Waals surface area contributed by atoms with Gasteiger partial charge >= 0.3 is 0 Å². The lowest BCUT2D eigenvalue weighted by molar-refractivity contribution is -0.122. The van der Waals surface area contributed by atoms with Crippen molar-refractivity contribution in [3.8, 4) is 0 Å². The number of nitrogens with zero attached hydrogens (tertiary/aromatic N) is 1. The molecule has 19 heavy (non-hydrogen) atoms. The van der Waals surface area contributed by atoms with E-state index in [9.17, 15) is 9.90 Å². The highest BCUT2D eigenvalue weighted by Gasteiger charge is 2.17. The summed E-state index contributed by atoms with van der Waals surface area (Å²) in [5.41, 5.74) is 0.0836. The van der Waals surface area contributed by atoms with E-state index in [0.29, 0.717) is 18.1 Å². The molecule has 0 aliphatic rings. The van der Waals surface area contributed by atoms with E-state index in [1.165, 1.54) is 0 Å². The molecule has 4 nitrogen and oxygen atoms in total. The largest absolute Gasteiger partial charge is 0.389 e. The fraction of sp³-hybridized carbons (Fsp3) is 0.500. The molecule has 0 atom stereocenters. The Kier molecular flexibility index (Phi) is 5.79. The van der Waals surface area contributed by atoms with Crippen LogP contribution in [0.1, 0.15) is 19.4 Å². The minimum Gasteiger partial charge on any atom is -0.389 e. The summed E-state index contributed by atoms with van der Waals surface area (Å²) in [6, 6.07) is 7.41. The topological polar surface area (TPSA) is 52.6 Å². The van der Waals surface area contributed by atoms with E-state index in [-0.39, 0.29) is 12.5 Å². The van der Waals surface area contributed by atoms with Crippen molar-refractivity contribution >= 4 is 17.5 Å². The molecule has 106 valence electrons. The van der Waals surface area contributed by atoms with Gasteiger partial charge in [0, 0.05) is 18.1 Å². The van der Waals surface area contributed by atoms with Gasteiger partial charge in [0.1, 0.15) is 0 Å². The number of aliphatic hydroxyl groups is 1. The number of nitrogens with one attached hydrogen (secondary N) is 1. The second-order valence-electron chi connectivity index (χ2n) is 5.35. The quantitative estimate of drug-likeness (QED) is 0.835. The molecule has 1 rings (SSSR count). The Morgan fingerprint density at radius 1 is 1.42 bits per heavy atom. The summed E-state index contributed by atoms with van der Waals surface area (Å²) in [5, 5.41) is 13.1. The van der Waals surface area contributed by atoms with Gasteiger partial charge in [0.25, 0.3) is 0 Å². The van der Waals surface area contributed by atoms with E-state index in [1.807, 2.05) is 18.2 Å². The van der Waals surface area contributed by atoms with Crippen LogP contribution in [0.4, 0.5) is 0 Å². The number of benzene rings is 1. The van der Waals surface area contributed by atoms with Crippen LogP contribution >= 0.6 is 11.6 Å². The van der Waals surface area contributed by atoms with E-state index in [1.54, 1.807) is 31.9 Å². The van der Waals surface area contributed by atoms with Crippen LogP contribution in [-0.4, -0.2) is 41.7 Å². The summed E-state index contributed by atoms with van der Waals surface area (Å²) in [6.45, 7) is 4.52. The van der Waals surface area contributed by atoms with Gasteiger partial charge in [-0.15, -0.1) is 0 Å². The highest BCUT2D eigenvalue weighted by atomic mass is 35.5. The number of carbonyl (C=O) groups excluding carboxylic acids is 1. The molecule has 1 amide bonds. The van der Waals surface area contributed by atoms with Crippen molar-refractivity contribution in [2.24, 2.45) is 0 Å².